The minimum Gasteiger partial charge on any atom is -0.497 e. The summed E-state index contributed by atoms with van der Waals surface area (Å²) in [5.74, 6) is 1.15. The number of nitrogens with zero attached hydrogens (tertiary/aromatic N) is 5. The molecular formula is C25H27FN6O2. The first-order chi connectivity index (χ1) is 16.6. The molecule has 0 atom stereocenters. The van der Waals surface area contributed by atoms with Crippen molar-refractivity contribution in [2.75, 3.05) is 7.11 Å². The number of H-pyrrole nitrogens is 1. The number of methoxy groups -OCH3 is 1. The average Bonchev–Trinajstić information content (AvgIpc) is 3.53. The van der Waals surface area contributed by atoms with Gasteiger partial charge in [-0.25, -0.2) is 9.07 Å². The molecule has 0 bridgehead atoms. The van der Waals surface area contributed by atoms with Crippen molar-refractivity contribution in [3.8, 4) is 5.75 Å². The number of hydrogen-bond donors (Lipinski definition) is 1. The van der Waals surface area contributed by atoms with Crippen molar-refractivity contribution in [1.82, 2.24) is 30.1 Å². The maximum atomic E-state index is 13.3. The number of hydrogen-bond acceptors (Lipinski definition) is 6. The van der Waals surface area contributed by atoms with Crippen LogP contribution in [0.15, 0.2) is 53.3 Å². The first kappa shape index (κ1) is 22.2. The standard InChI is InChI=1S/C25H27FN6O2/c1-34-22-11-8-18-12-19(25(33)27-23(18)13-22)15-31(21-4-2-3-5-21)16-24-28-29-30-32(24)14-17-6-9-20(26)10-7-17/h6-13,21H,2-5,14-16H2,1H3,(H,27,33). The van der Waals surface area contributed by atoms with Crippen LogP contribution >= 0.6 is 0 Å². The lowest BCUT2D eigenvalue weighted by Crippen LogP contribution is -2.35. The summed E-state index contributed by atoms with van der Waals surface area (Å²) in [6.45, 7) is 1.49. The molecule has 1 aliphatic carbocycles. The van der Waals surface area contributed by atoms with Crippen molar-refractivity contribution >= 4 is 10.9 Å². The molecule has 5 rings (SSSR count). The van der Waals surface area contributed by atoms with Crippen LogP contribution in [0.3, 0.4) is 0 Å². The maximum Gasteiger partial charge on any atom is 0.252 e. The summed E-state index contributed by atoms with van der Waals surface area (Å²) < 4.78 is 20.3. The third-order valence-corrected chi connectivity index (χ3v) is 6.54. The van der Waals surface area contributed by atoms with E-state index in [0.717, 1.165) is 35.1 Å². The van der Waals surface area contributed by atoms with E-state index in [4.69, 9.17) is 4.74 Å². The van der Waals surface area contributed by atoms with Gasteiger partial charge in [0.1, 0.15) is 11.6 Å². The lowest BCUT2D eigenvalue weighted by molar-refractivity contribution is 0.172. The van der Waals surface area contributed by atoms with Crippen molar-refractivity contribution in [2.24, 2.45) is 0 Å². The number of nitrogens with one attached hydrogen (secondary N) is 1. The van der Waals surface area contributed by atoms with Crippen LogP contribution in [0.25, 0.3) is 10.9 Å². The summed E-state index contributed by atoms with van der Waals surface area (Å²) in [5.41, 5.74) is 2.28. The molecule has 34 heavy (non-hydrogen) atoms. The van der Waals surface area contributed by atoms with E-state index in [-0.39, 0.29) is 11.4 Å². The Balaban J connectivity index is 1.40. The summed E-state index contributed by atoms with van der Waals surface area (Å²) >= 11 is 0. The number of rotatable bonds is 8. The molecule has 0 radical (unpaired) electrons. The molecule has 0 amide bonds. The van der Waals surface area contributed by atoms with Gasteiger partial charge in [0, 0.05) is 24.2 Å². The van der Waals surface area contributed by atoms with Crippen LogP contribution in [0, 0.1) is 5.82 Å². The molecular weight excluding hydrogens is 435 g/mol. The fraction of sp³-hybridized carbons (Fsp3) is 0.360. The van der Waals surface area contributed by atoms with Gasteiger partial charge in [-0.2, -0.15) is 0 Å². The highest BCUT2D eigenvalue weighted by Crippen LogP contribution is 2.26. The Morgan fingerprint density at radius 1 is 1.12 bits per heavy atom. The van der Waals surface area contributed by atoms with Gasteiger partial charge in [-0.15, -0.1) is 5.10 Å². The lowest BCUT2D eigenvalue weighted by Gasteiger charge is -2.28. The molecule has 9 heteroatoms. The molecule has 0 saturated heterocycles. The fourth-order valence-corrected chi connectivity index (χ4v) is 4.68. The summed E-state index contributed by atoms with van der Waals surface area (Å²) in [5, 5.41) is 13.3. The van der Waals surface area contributed by atoms with E-state index in [9.17, 15) is 9.18 Å². The predicted molar refractivity (Wildman–Crippen MR) is 126 cm³/mol. The summed E-state index contributed by atoms with van der Waals surface area (Å²) in [7, 11) is 1.61. The van der Waals surface area contributed by atoms with Crippen LogP contribution in [-0.4, -0.2) is 43.2 Å². The fourth-order valence-electron chi connectivity index (χ4n) is 4.68. The van der Waals surface area contributed by atoms with Crippen molar-refractivity contribution in [3.63, 3.8) is 0 Å². The number of fused-ring (bicyclic) bond motifs is 1. The van der Waals surface area contributed by atoms with Gasteiger partial charge in [0.15, 0.2) is 5.82 Å². The highest BCUT2D eigenvalue weighted by atomic mass is 19.1. The van der Waals surface area contributed by atoms with E-state index in [0.29, 0.717) is 37.0 Å². The SMILES string of the molecule is COc1ccc2cc(CN(Cc3nnnn3Cc3ccc(F)cc3)C3CCCC3)c(=O)[nH]c2c1. The number of aromatic nitrogens is 5. The van der Waals surface area contributed by atoms with Crippen LogP contribution in [-0.2, 0) is 19.6 Å². The highest BCUT2D eigenvalue weighted by Gasteiger charge is 2.25. The van der Waals surface area contributed by atoms with Crippen LogP contribution in [0.1, 0.15) is 42.6 Å². The monoisotopic (exact) mass is 462 g/mol. The largest absolute Gasteiger partial charge is 0.497 e. The van der Waals surface area contributed by atoms with E-state index in [1.165, 1.54) is 25.0 Å². The lowest BCUT2D eigenvalue weighted by atomic mass is 10.1. The Kier molecular flexibility index (Phi) is 6.35. The Morgan fingerprint density at radius 2 is 1.91 bits per heavy atom. The first-order valence-corrected chi connectivity index (χ1v) is 11.5. The van der Waals surface area contributed by atoms with Gasteiger partial charge in [0.25, 0.3) is 5.56 Å². The molecule has 2 heterocycles. The van der Waals surface area contributed by atoms with Gasteiger partial charge in [-0.3, -0.25) is 9.69 Å². The van der Waals surface area contributed by atoms with Crippen LogP contribution < -0.4 is 10.3 Å². The van der Waals surface area contributed by atoms with Crippen LogP contribution in [0.5, 0.6) is 5.75 Å². The number of halogens is 1. The molecule has 1 aliphatic rings. The first-order valence-electron chi connectivity index (χ1n) is 11.5. The minimum atomic E-state index is -0.271. The molecule has 1 N–H and O–H groups in total. The van der Waals surface area contributed by atoms with Crippen molar-refractivity contribution in [1.29, 1.82) is 0 Å². The topological polar surface area (TPSA) is 88.9 Å². The van der Waals surface area contributed by atoms with Gasteiger partial charge in [-0.1, -0.05) is 25.0 Å². The zero-order chi connectivity index (χ0) is 23.5. The second-order valence-electron chi connectivity index (χ2n) is 8.80. The van der Waals surface area contributed by atoms with E-state index in [1.807, 2.05) is 24.3 Å². The third-order valence-electron chi connectivity index (χ3n) is 6.54. The number of tetrazole rings is 1. The van der Waals surface area contributed by atoms with Crippen molar-refractivity contribution in [3.05, 3.63) is 81.7 Å². The smallest absolute Gasteiger partial charge is 0.252 e. The van der Waals surface area contributed by atoms with Gasteiger partial charge < -0.3 is 9.72 Å². The van der Waals surface area contributed by atoms with Crippen molar-refractivity contribution < 1.29 is 9.13 Å². The van der Waals surface area contributed by atoms with Crippen LogP contribution in [0.4, 0.5) is 4.39 Å². The molecule has 2 aromatic heterocycles. The Hall–Kier alpha value is -3.59. The van der Waals surface area contributed by atoms with E-state index in [1.54, 1.807) is 23.9 Å². The Labute approximate surface area is 196 Å². The maximum absolute atomic E-state index is 13.3. The molecule has 176 valence electrons. The zero-order valence-corrected chi connectivity index (χ0v) is 19.1. The predicted octanol–water partition coefficient (Wildman–Crippen LogP) is 3.66. The molecule has 2 aromatic carbocycles. The summed E-state index contributed by atoms with van der Waals surface area (Å²) in [6, 6.07) is 14.3. The summed E-state index contributed by atoms with van der Waals surface area (Å²) in [4.78, 5) is 18.2. The number of ether oxygens (including phenoxy) is 1. The highest BCUT2D eigenvalue weighted by molar-refractivity contribution is 5.80. The third kappa shape index (κ3) is 4.84. The molecule has 1 fully saturated rings. The number of benzene rings is 2. The quantitative estimate of drug-likeness (QED) is 0.430. The molecule has 4 aromatic rings. The molecule has 1 saturated carbocycles. The Morgan fingerprint density at radius 3 is 2.68 bits per heavy atom. The van der Waals surface area contributed by atoms with Gasteiger partial charge in [-0.05, 0) is 64.5 Å². The number of aromatic amines is 1. The molecule has 0 aliphatic heterocycles. The molecule has 0 spiro atoms. The molecule has 0 unspecified atom stereocenters. The molecule has 8 nitrogen and oxygen atoms in total. The van der Waals surface area contributed by atoms with Gasteiger partial charge >= 0.3 is 0 Å². The second kappa shape index (κ2) is 9.72. The summed E-state index contributed by atoms with van der Waals surface area (Å²) in [6.07, 6.45) is 4.52. The van der Waals surface area contributed by atoms with E-state index >= 15 is 0 Å². The Bertz CT molecular complexity index is 1330. The van der Waals surface area contributed by atoms with E-state index < -0.39 is 0 Å². The van der Waals surface area contributed by atoms with Gasteiger partial charge in [0.2, 0.25) is 0 Å². The number of pyridine rings is 1. The zero-order valence-electron chi connectivity index (χ0n) is 19.1. The van der Waals surface area contributed by atoms with Gasteiger partial charge in [0.05, 0.1) is 25.7 Å². The average molecular weight is 463 g/mol. The van der Waals surface area contributed by atoms with Crippen LogP contribution in [0.2, 0.25) is 0 Å². The van der Waals surface area contributed by atoms with Crippen molar-refractivity contribution in [2.45, 2.75) is 51.4 Å². The second-order valence-corrected chi connectivity index (χ2v) is 8.80. The normalized spacial score (nSPS) is 14.3. The van der Waals surface area contributed by atoms with E-state index in [2.05, 4.69) is 25.4 Å². The minimum absolute atomic E-state index is 0.102.